The zero-order chi connectivity index (χ0) is 11.4. The topological polar surface area (TPSA) is 21.3 Å². The molecule has 1 atom stereocenters. The molecule has 0 radical (unpaired) electrons. The Morgan fingerprint density at radius 3 is 2.62 bits per heavy atom. The van der Waals surface area contributed by atoms with Gasteiger partial charge in [-0.2, -0.15) is 0 Å². The molecule has 16 heavy (non-hydrogen) atoms. The van der Waals surface area contributed by atoms with Crippen LogP contribution in [0.2, 0.25) is 0 Å². The van der Waals surface area contributed by atoms with E-state index in [2.05, 4.69) is 19.2 Å². The lowest BCUT2D eigenvalue weighted by Crippen LogP contribution is -2.49. The molecule has 1 N–H and O–H groups in total. The molecule has 2 fully saturated rings. The summed E-state index contributed by atoms with van der Waals surface area (Å²) >= 11 is 0. The standard InChI is InChI=1S/C14H27NO/c1-12(2)9-15-10-14(13-5-3-6-13)7-4-8-16-11-14/h12-13,15H,3-11H2,1-2H3. The predicted molar refractivity (Wildman–Crippen MR) is 67.5 cm³/mol. The van der Waals surface area contributed by atoms with Crippen molar-refractivity contribution in [3.05, 3.63) is 0 Å². The summed E-state index contributed by atoms with van der Waals surface area (Å²) in [6, 6.07) is 0. The van der Waals surface area contributed by atoms with Gasteiger partial charge in [0.15, 0.2) is 0 Å². The van der Waals surface area contributed by atoms with Gasteiger partial charge in [0.2, 0.25) is 0 Å². The Balaban J connectivity index is 1.86. The molecule has 94 valence electrons. The molecule has 0 bridgehead atoms. The largest absolute Gasteiger partial charge is 0.381 e. The van der Waals surface area contributed by atoms with Crippen molar-refractivity contribution in [3.63, 3.8) is 0 Å². The molecular formula is C14H27NO. The summed E-state index contributed by atoms with van der Waals surface area (Å²) in [5, 5.41) is 3.66. The van der Waals surface area contributed by atoms with Gasteiger partial charge in [-0.05, 0) is 44.1 Å². The molecular weight excluding hydrogens is 198 g/mol. The van der Waals surface area contributed by atoms with Crippen molar-refractivity contribution in [2.75, 3.05) is 26.3 Å². The van der Waals surface area contributed by atoms with Crippen LogP contribution in [0.4, 0.5) is 0 Å². The molecule has 0 aromatic carbocycles. The van der Waals surface area contributed by atoms with E-state index in [1.54, 1.807) is 0 Å². The van der Waals surface area contributed by atoms with Crippen LogP contribution < -0.4 is 5.32 Å². The van der Waals surface area contributed by atoms with Crippen molar-refractivity contribution in [1.29, 1.82) is 0 Å². The van der Waals surface area contributed by atoms with Gasteiger partial charge >= 0.3 is 0 Å². The van der Waals surface area contributed by atoms with Gasteiger partial charge in [-0.25, -0.2) is 0 Å². The van der Waals surface area contributed by atoms with Gasteiger partial charge in [0.25, 0.3) is 0 Å². The maximum atomic E-state index is 5.76. The summed E-state index contributed by atoms with van der Waals surface area (Å²) in [4.78, 5) is 0. The van der Waals surface area contributed by atoms with Crippen LogP contribution >= 0.6 is 0 Å². The maximum absolute atomic E-state index is 5.76. The lowest BCUT2D eigenvalue weighted by atomic mass is 9.63. The molecule has 1 saturated carbocycles. The second kappa shape index (κ2) is 5.50. The number of rotatable bonds is 5. The summed E-state index contributed by atoms with van der Waals surface area (Å²) in [6.07, 6.45) is 6.96. The lowest BCUT2D eigenvalue weighted by molar-refractivity contribution is -0.0630. The van der Waals surface area contributed by atoms with Crippen LogP contribution in [-0.4, -0.2) is 26.3 Å². The third kappa shape index (κ3) is 2.78. The minimum atomic E-state index is 0.478. The van der Waals surface area contributed by atoms with E-state index in [9.17, 15) is 0 Å². The molecule has 2 rings (SSSR count). The van der Waals surface area contributed by atoms with Gasteiger partial charge in [0.05, 0.1) is 6.61 Å². The second-order valence-corrected chi connectivity index (χ2v) is 6.17. The lowest BCUT2D eigenvalue weighted by Gasteiger charge is -2.47. The van der Waals surface area contributed by atoms with Gasteiger partial charge < -0.3 is 10.1 Å². The monoisotopic (exact) mass is 225 g/mol. The molecule has 1 heterocycles. The highest BCUT2D eigenvalue weighted by Gasteiger charge is 2.42. The Hall–Kier alpha value is -0.0800. The molecule has 2 aliphatic rings. The smallest absolute Gasteiger partial charge is 0.0537 e. The van der Waals surface area contributed by atoms with Crippen molar-refractivity contribution in [3.8, 4) is 0 Å². The molecule has 0 aromatic rings. The van der Waals surface area contributed by atoms with E-state index >= 15 is 0 Å². The van der Waals surface area contributed by atoms with Gasteiger partial charge in [-0.1, -0.05) is 20.3 Å². The first kappa shape index (κ1) is 12.4. The summed E-state index contributed by atoms with van der Waals surface area (Å²) in [5.41, 5.74) is 0.478. The number of hydrogen-bond acceptors (Lipinski definition) is 2. The Bertz CT molecular complexity index is 205. The van der Waals surface area contributed by atoms with Gasteiger partial charge in [0.1, 0.15) is 0 Å². The quantitative estimate of drug-likeness (QED) is 0.777. The normalized spacial score (nSPS) is 31.7. The molecule has 2 nitrogen and oxygen atoms in total. The summed E-state index contributed by atoms with van der Waals surface area (Å²) in [7, 11) is 0. The van der Waals surface area contributed by atoms with Crippen LogP contribution in [0, 0.1) is 17.3 Å². The van der Waals surface area contributed by atoms with Crippen molar-refractivity contribution in [1.82, 2.24) is 5.32 Å². The van der Waals surface area contributed by atoms with Gasteiger partial charge in [-0.15, -0.1) is 0 Å². The van der Waals surface area contributed by atoms with Crippen molar-refractivity contribution in [2.45, 2.75) is 46.0 Å². The fourth-order valence-corrected chi connectivity index (χ4v) is 3.11. The average Bonchev–Trinajstić information content (AvgIpc) is 2.15. The van der Waals surface area contributed by atoms with E-state index < -0.39 is 0 Å². The Morgan fingerprint density at radius 1 is 1.31 bits per heavy atom. The summed E-state index contributed by atoms with van der Waals surface area (Å²) < 4.78 is 5.76. The zero-order valence-electron chi connectivity index (χ0n) is 10.9. The van der Waals surface area contributed by atoms with Crippen LogP contribution in [-0.2, 0) is 4.74 Å². The van der Waals surface area contributed by atoms with E-state index in [1.165, 1.54) is 38.6 Å². The van der Waals surface area contributed by atoms with Crippen LogP contribution in [0.3, 0.4) is 0 Å². The number of nitrogens with one attached hydrogen (secondary N) is 1. The van der Waals surface area contributed by atoms with E-state index in [0.717, 1.165) is 31.6 Å². The number of hydrogen-bond donors (Lipinski definition) is 1. The molecule has 0 amide bonds. The van der Waals surface area contributed by atoms with Crippen LogP contribution in [0.15, 0.2) is 0 Å². The maximum Gasteiger partial charge on any atom is 0.0537 e. The van der Waals surface area contributed by atoms with Gasteiger partial charge in [-0.3, -0.25) is 0 Å². The third-order valence-corrected chi connectivity index (χ3v) is 4.35. The SMILES string of the molecule is CC(C)CNCC1(C2CCC2)CCCOC1. The Morgan fingerprint density at radius 2 is 2.12 bits per heavy atom. The van der Waals surface area contributed by atoms with Gasteiger partial charge in [0, 0.05) is 18.6 Å². The molecule has 2 heteroatoms. The van der Waals surface area contributed by atoms with E-state index in [4.69, 9.17) is 4.74 Å². The Labute approximate surface area is 100 Å². The summed E-state index contributed by atoms with van der Waals surface area (Å²) in [5.74, 6) is 1.69. The highest BCUT2D eigenvalue weighted by Crippen LogP contribution is 2.46. The van der Waals surface area contributed by atoms with E-state index in [1.807, 2.05) is 0 Å². The first-order valence-corrected chi connectivity index (χ1v) is 7.01. The minimum Gasteiger partial charge on any atom is -0.381 e. The number of ether oxygens (including phenoxy) is 1. The molecule has 1 aliphatic carbocycles. The molecule has 0 aromatic heterocycles. The first-order chi connectivity index (χ1) is 7.73. The van der Waals surface area contributed by atoms with Crippen molar-refractivity contribution >= 4 is 0 Å². The minimum absolute atomic E-state index is 0.478. The summed E-state index contributed by atoms with van der Waals surface area (Å²) in [6.45, 7) is 8.87. The molecule has 1 saturated heterocycles. The molecule has 1 unspecified atom stereocenters. The Kier molecular flexibility index (Phi) is 4.26. The van der Waals surface area contributed by atoms with Crippen LogP contribution in [0.5, 0.6) is 0 Å². The zero-order valence-corrected chi connectivity index (χ0v) is 10.9. The van der Waals surface area contributed by atoms with E-state index in [-0.39, 0.29) is 0 Å². The average molecular weight is 225 g/mol. The van der Waals surface area contributed by atoms with E-state index in [0.29, 0.717) is 5.41 Å². The molecule has 0 spiro atoms. The molecule has 1 aliphatic heterocycles. The fraction of sp³-hybridized carbons (Fsp3) is 1.00. The fourth-order valence-electron chi connectivity index (χ4n) is 3.11. The predicted octanol–water partition coefficient (Wildman–Crippen LogP) is 2.83. The third-order valence-electron chi connectivity index (χ3n) is 4.35. The highest BCUT2D eigenvalue weighted by molar-refractivity contribution is 4.94. The second-order valence-electron chi connectivity index (χ2n) is 6.17. The van der Waals surface area contributed by atoms with Crippen LogP contribution in [0.1, 0.15) is 46.0 Å². The van der Waals surface area contributed by atoms with Crippen LogP contribution in [0.25, 0.3) is 0 Å². The van der Waals surface area contributed by atoms with Crippen molar-refractivity contribution < 1.29 is 4.74 Å². The first-order valence-electron chi connectivity index (χ1n) is 7.01. The highest BCUT2D eigenvalue weighted by atomic mass is 16.5. The van der Waals surface area contributed by atoms with Crippen molar-refractivity contribution in [2.24, 2.45) is 17.3 Å².